The number of nitrogens with zero attached hydrogens (tertiary/aromatic N) is 1. The number of anilines is 1. The fourth-order valence-electron chi connectivity index (χ4n) is 2.79. The third-order valence-corrected chi connectivity index (χ3v) is 4.60. The van der Waals surface area contributed by atoms with E-state index in [1.54, 1.807) is 41.3 Å². The summed E-state index contributed by atoms with van der Waals surface area (Å²) in [5.74, 6) is -1.19. The van der Waals surface area contributed by atoms with Gasteiger partial charge in [0.25, 0.3) is 5.91 Å². The molecule has 0 saturated carbocycles. The van der Waals surface area contributed by atoms with Crippen molar-refractivity contribution in [3.8, 4) is 0 Å². The van der Waals surface area contributed by atoms with Crippen LogP contribution >= 0.6 is 11.6 Å². The second-order valence-corrected chi connectivity index (χ2v) is 6.71. The Morgan fingerprint density at radius 1 is 1.33 bits per heavy atom. The Morgan fingerprint density at radius 3 is 2.81 bits per heavy atom. The maximum Gasteiger partial charge on any atom is 0.312 e. The zero-order chi connectivity index (χ0) is 19.4. The van der Waals surface area contributed by atoms with Gasteiger partial charge in [0.1, 0.15) is 5.76 Å². The van der Waals surface area contributed by atoms with E-state index in [4.69, 9.17) is 20.8 Å². The molecule has 1 N–H and O–H groups in total. The van der Waals surface area contributed by atoms with E-state index in [1.165, 1.54) is 13.2 Å². The van der Waals surface area contributed by atoms with Gasteiger partial charge in [-0.1, -0.05) is 23.7 Å². The second-order valence-electron chi connectivity index (χ2n) is 6.30. The van der Waals surface area contributed by atoms with Gasteiger partial charge in [-0.15, -0.1) is 0 Å². The summed E-state index contributed by atoms with van der Waals surface area (Å²) in [5, 5.41) is 3.00. The highest BCUT2D eigenvalue weighted by Crippen LogP contribution is 2.23. The molecule has 8 heteroatoms. The molecule has 1 aliphatic rings. The lowest BCUT2D eigenvalue weighted by Gasteiger charge is -2.17. The standard InChI is InChI=1S/C19H19ClN2O5/c1-12(18(24)21-16-7-3-2-6-15(16)20)27-19(25)13-9-17(23)22(10-13)11-14-5-4-8-26-14/h2-8,12-13H,9-11H2,1H3,(H,21,24)/t12-,13-/m1/s1. The van der Waals surface area contributed by atoms with Crippen LogP contribution in [0, 0.1) is 5.92 Å². The van der Waals surface area contributed by atoms with Crippen molar-refractivity contribution in [2.75, 3.05) is 11.9 Å². The minimum Gasteiger partial charge on any atom is -0.467 e. The Labute approximate surface area is 161 Å². The van der Waals surface area contributed by atoms with Crippen molar-refractivity contribution in [3.05, 3.63) is 53.4 Å². The van der Waals surface area contributed by atoms with E-state index in [2.05, 4.69) is 5.32 Å². The SMILES string of the molecule is C[C@@H](OC(=O)[C@@H]1CC(=O)N(Cc2ccco2)C1)C(=O)Nc1ccccc1Cl. The summed E-state index contributed by atoms with van der Waals surface area (Å²) in [6.07, 6.45) is 0.572. The van der Waals surface area contributed by atoms with E-state index in [-0.39, 0.29) is 18.9 Å². The minimum absolute atomic E-state index is 0.0540. The minimum atomic E-state index is -1.01. The molecule has 2 atom stereocenters. The van der Waals surface area contributed by atoms with E-state index in [0.717, 1.165) is 0 Å². The Hall–Kier alpha value is -2.80. The van der Waals surface area contributed by atoms with Crippen LogP contribution in [-0.2, 0) is 25.7 Å². The van der Waals surface area contributed by atoms with Gasteiger partial charge in [-0.25, -0.2) is 0 Å². The Bertz CT molecular complexity index is 836. The number of esters is 1. The van der Waals surface area contributed by atoms with Gasteiger partial charge >= 0.3 is 5.97 Å². The van der Waals surface area contributed by atoms with E-state index in [9.17, 15) is 14.4 Å². The highest BCUT2D eigenvalue weighted by Gasteiger charge is 2.36. The fourth-order valence-corrected chi connectivity index (χ4v) is 2.98. The maximum atomic E-state index is 12.3. The number of carbonyl (C=O) groups is 3. The Kier molecular flexibility index (Phi) is 5.81. The molecule has 2 heterocycles. The highest BCUT2D eigenvalue weighted by molar-refractivity contribution is 6.33. The lowest BCUT2D eigenvalue weighted by Crippen LogP contribution is -2.33. The molecule has 27 heavy (non-hydrogen) atoms. The number of ether oxygens (including phenoxy) is 1. The zero-order valence-electron chi connectivity index (χ0n) is 14.7. The summed E-state index contributed by atoms with van der Waals surface area (Å²) in [6.45, 7) is 2.01. The van der Waals surface area contributed by atoms with Crippen molar-refractivity contribution < 1.29 is 23.5 Å². The number of benzene rings is 1. The average Bonchev–Trinajstić information content (AvgIpc) is 3.27. The van der Waals surface area contributed by atoms with Gasteiger partial charge in [0.15, 0.2) is 6.10 Å². The molecule has 2 amide bonds. The largest absolute Gasteiger partial charge is 0.467 e. The van der Waals surface area contributed by atoms with Crippen LogP contribution in [-0.4, -0.2) is 35.3 Å². The highest BCUT2D eigenvalue weighted by atomic mass is 35.5. The average molecular weight is 391 g/mol. The molecule has 0 bridgehead atoms. The molecule has 0 unspecified atom stereocenters. The van der Waals surface area contributed by atoms with Crippen LogP contribution in [0.1, 0.15) is 19.1 Å². The Balaban J connectivity index is 1.53. The molecule has 1 aromatic heterocycles. The molecule has 142 valence electrons. The van der Waals surface area contributed by atoms with Crippen molar-refractivity contribution in [1.82, 2.24) is 4.90 Å². The second kappa shape index (κ2) is 8.26. The van der Waals surface area contributed by atoms with Gasteiger partial charge in [-0.05, 0) is 31.2 Å². The number of furan rings is 1. The monoisotopic (exact) mass is 390 g/mol. The van der Waals surface area contributed by atoms with Crippen molar-refractivity contribution in [1.29, 1.82) is 0 Å². The van der Waals surface area contributed by atoms with Crippen LogP contribution < -0.4 is 5.32 Å². The normalized spacial score (nSPS) is 17.6. The van der Waals surface area contributed by atoms with Crippen molar-refractivity contribution in [2.24, 2.45) is 5.92 Å². The maximum absolute atomic E-state index is 12.3. The van der Waals surface area contributed by atoms with Crippen LogP contribution in [0.25, 0.3) is 0 Å². The number of amides is 2. The topological polar surface area (TPSA) is 88.9 Å². The first-order chi connectivity index (χ1) is 12.9. The number of rotatable bonds is 6. The number of likely N-dealkylation sites (tertiary alicyclic amines) is 1. The number of para-hydroxylation sites is 1. The van der Waals surface area contributed by atoms with E-state index in [1.807, 2.05) is 0 Å². The van der Waals surface area contributed by atoms with E-state index < -0.39 is 23.9 Å². The van der Waals surface area contributed by atoms with Gasteiger partial charge in [0, 0.05) is 13.0 Å². The number of carbonyl (C=O) groups excluding carboxylic acids is 3. The molecule has 0 aliphatic carbocycles. The Morgan fingerprint density at radius 2 is 2.11 bits per heavy atom. The first-order valence-electron chi connectivity index (χ1n) is 8.50. The molecule has 2 aromatic rings. The summed E-state index contributed by atoms with van der Waals surface area (Å²) in [5.41, 5.74) is 0.438. The van der Waals surface area contributed by atoms with Crippen LogP contribution in [0.4, 0.5) is 5.69 Å². The first kappa shape index (κ1) is 19.0. The molecular formula is C19H19ClN2O5. The summed E-state index contributed by atoms with van der Waals surface area (Å²) in [7, 11) is 0. The summed E-state index contributed by atoms with van der Waals surface area (Å²) >= 11 is 6.00. The molecule has 7 nitrogen and oxygen atoms in total. The number of hydrogen-bond donors (Lipinski definition) is 1. The van der Waals surface area contributed by atoms with Gasteiger partial charge in [0.2, 0.25) is 5.91 Å². The van der Waals surface area contributed by atoms with Crippen LogP contribution in [0.15, 0.2) is 47.1 Å². The molecule has 1 aromatic carbocycles. The fraction of sp³-hybridized carbons (Fsp3) is 0.316. The number of hydrogen-bond acceptors (Lipinski definition) is 5. The molecule has 1 saturated heterocycles. The summed E-state index contributed by atoms with van der Waals surface area (Å²) in [4.78, 5) is 38.2. The van der Waals surface area contributed by atoms with Crippen molar-refractivity contribution >= 4 is 35.1 Å². The molecule has 1 fully saturated rings. The smallest absolute Gasteiger partial charge is 0.312 e. The lowest BCUT2D eigenvalue weighted by molar-refractivity contribution is -0.157. The third-order valence-electron chi connectivity index (χ3n) is 4.27. The molecular weight excluding hydrogens is 372 g/mol. The molecule has 3 rings (SSSR count). The van der Waals surface area contributed by atoms with Gasteiger partial charge in [-0.2, -0.15) is 0 Å². The number of nitrogens with one attached hydrogen (secondary N) is 1. The summed E-state index contributed by atoms with van der Waals surface area (Å²) < 4.78 is 10.5. The van der Waals surface area contributed by atoms with Crippen LogP contribution in [0.5, 0.6) is 0 Å². The van der Waals surface area contributed by atoms with Crippen LogP contribution in [0.2, 0.25) is 5.02 Å². The van der Waals surface area contributed by atoms with Crippen molar-refractivity contribution in [3.63, 3.8) is 0 Å². The summed E-state index contributed by atoms with van der Waals surface area (Å²) in [6, 6.07) is 10.3. The number of halogens is 1. The third kappa shape index (κ3) is 4.68. The van der Waals surface area contributed by atoms with Gasteiger partial charge < -0.3 is 19.4 Å². The van der Waals surface area contributed by atoms with Crippen molar-refractivity contribution in [2.45, 2.75) is 26.0 Å². The molecule has 1 aliphatic heterocycles. The molecule has 0 radical (unpaired) electrons. The first-order valence-corrected chi connectivity index (χ1v) is 8.88. The van der Waals surface area contributed by atoms with E-state index >= 15 is 0 Å². The van der Waals surface area contributed by atoms with Crippen LogP contribution in [0.3, 0.4) is 0 Å². The van der Waals surface area contributed by atoms with Gasteiger partial charge in [0.05, 0.1) is 29.4 Å². The zero-order valence-corrected chi connectivity index (χ0v) is 15.4. The predicted molar refractivity (Wildman–Crippen MR) is 97.9 cm³/mol. The van der Waals surface area contributed by atoms with E-state index in [0.29, 0.717) is 23.0 Å². The molecule has 0 spiro atoms. The predicted octanol–water partition coefficient (Wildman–Crippen LogP) is 2.85. The lowest BCUT2D eigenvalue weighted by atomic mass is 10.1. The van der Waals surface area contributed by atoms with Gasteiger partial charge in [-0.3, -0.25) is 14.4 Å². The quantitative estimate of drug-likeness (QED) is 0.766.